The van der Waals surface area contributed by atoms with Gasteiger partial charge in [-0.25, -0.2) is 4.98 Å². The molecule has 0 saturated carbocycles. The number of pyridine rings is 2. The highest BCUT2D eigenvalue weighted by Gasteiger charge is 2.15. The zero-order chi connectivity index (χ0) is 22.5. The zero-order valence-electron chi connectivity index (χ0n) is 18.6. The minimum atomic E-state index is -0.0108. The van der Waals surface area contributed by atoms with Crippen LogP contribution in [0.4, 0.5) is 17.2 Å². The predicted octanol–water partition coefficient (Wildman–Crippen LogP) is 3.62. The number of morpholine rings is 1. The van der Waals surface area contributed by atoms with Crippen LogP contribution >= 0.6 is 0 Å². The first-order valence-corrected chi connectivity index (χ1v) is 10.8. The molecule has 0 radical (unpaired) electrons. The van der Waals surface area contributed by atoms with Gasteiger partial charge >= 0.3 is 0 Å². The molecule has 3 aromatic rings. The number of rotatable bonds is 7. The Morgan fingerprint density at radius 2 is 1.91 bits per heavy atom. The van der Waals surface area contributed by atoms with Crippen LogP contribution in [0.1, 0.15) is 16.7 Å². The largest absolute Gasteiger partial charge is 0.379 e. The SMILES string of the molecule is C=C(Nc1cnc(N2CCOCC2)cc1NCc1ccccc1)c1cc(C)c(=O)n(C)c1. The number of aryl methyl sites for hydroxylation is 2. The Hall–Kier alpha value is -3.58. The topological polar surface area (TPSA) is 71.4 Å². The van der Waals surface area contributed by atoms with Crippen molar-refractivity contribution in [3.05, 3.63) is 88.5 Å². The quantitative estimate of drug-likeness (QED) is 0.595. The Bertz CT molecular complexity index is 1120. The summed E-state index contributed by atoms with van der Waals surface area (Å²) < 4.78 is 7.05. The lowest BCUT2D eigenvalue weighted by molar-refractivity contribution is 0.122. The molecule has 0 bridgehead atoms. The fraction of sp³-hybridized carbons (Fsp3) is 0.280. The van der Waals surface area contributed by atoms with E-state index in [2.05, 4.69) is 45.3 Å². The van der Waals surface area contributed by atoms with Gasteiger partial charge in [0.05, 0.1) is 30.8 Å². The van der Waals surface area contributed by atoms with Crippen LogP contribution in [-0.4, -0.2) is 35.9 Å². The Labute approximate surface area is 188 Å². The van der Waals surface area contributed by atoms with Gasteiger partial charge in [0.15, 0.2) is 0 Å². The molecule has 1 aliphatic rings. The molecule has 0 spiro atoms. The van der Waals surface area contributed by atoms with E-state index in [1.807, 2.05) is 37.4 Å². The minimum Gasteiger partial charge on any atom is -0.379 e. The first-order valence-electron chi connectivity index (χ1n) is 10.8. The predicted molar refractivity (Wildman–Crippen MR) is 130 cm³/mol. The first kappa shape index (κ1) is 21.6. The molecule has 1 aromatic carbocycles. The third-order valence-electron chi connectivity index (χ3n) is 5.55. The van der Waals surface area contributed by atoms with E-state index in [1.54, 1.807) is 17.8 Å². The highest BCUT2D eigenvalue weighted by Crippen LogP contribution is 2.29. The van der Waals surface area contributed by atoms with Gasteiger partial charge in [-0.2, -0.15) is 0 Å². The molecule has 0 amide bonds. The average molecular weight is 432 g/mol. The van der Waals surface area contributed by atoms with Crippen molar-refractivity contribution < 1.29 is 4.74 Å². The monoisotopic (exact) mass is 431 g/mol. The summed E-state index contributed by atoms with van der Waals surface area (Å²) in [6.45, 7) is 9.75. The van der Waals surface area contributed by atoms with Crippen LogP contribution in [0.15, 0.2) is 66.2 Å². The Morgan fingerprint density at radius 1 is 1.16 bits per heavy atom. The van der Waals surface area contributed by atoms with Gasteiger partial charge in [0.25, 0.3) is 5.56 Å². The molecule has 166 valence electrons. The van der Waals surface area contributed by atoms with Gasteiger partial charge < -0.3 is 24.8 Å². The highest BCUT2D eigenvalue weighted by molar-refractivity contribution is 5.82. The third kappa shape index (κ3) is 5.00. The number of hydrogen-bond donors (Lipinski definition) is 2. The van der Waals surface area contributed by atoms with Crippen molar-refractivity contribution >= 4 is 22.9 Å². The van der Waals surface area contributed by atoms with Crippen molar-refractivity contribution in [3.8, 4) is 0 Å². The van der Waals surface area contributed by atoms with Crippen LogP contribution in [0, 0.1) is 6.92 Å². The molecule has 7 heteroatoms. The van der Waals surface area contributed by atoms with Gasteiger partial charge in [-0.1, -0.05) is 36.9 Å². The average Bonchev–Trinajstić information content (AvgIpc) is 2.82. The summed E-state index contributed by atoms with van der Waals surface area (Å²) in [6.07, 6.45) is 3.62. The second kappa shape index (κ2) is 9.70. The molecular formula is C25H29N5O2. The van der Waals surface area contributed by atoms with Crippen molar-refractivity contribution in [2.75, 3.05) is 41.8 Å². The summed E-state index contributed by atoms with van der Waals surface area (Å²) in [5.74, 6) is 0.915. The van der Waals surface area contributed by atoms with Crippen molar-refractivity contribution in [2.45, 2.75) is 13.5 Å². The van der Waals surface area contributed by atoms with Gasteiger partial charge in [0.1, 0.15) is 5.82 Å². The van der Waals surface area contributed by atoms with Crippen molar-refractivity contribution in [1.29, 1.82) is 0 Å². The maximum atomic E-state index is 12.0. The minimum absolute atomic E-state index is 0.0108. The fourth-order valence-electron chi connectivity index (χ4n) is 3.73. The lowest BCUT2D eigenvalue weighted by Crippen LogP contribution is -2.36. The second-order valence-corrected chi connectivity index (χ2v) is 7.96. The number of hydrogen-bond acceptors (Lipinski definition) is 6. The zero-order valence-corrected chi connectivity index (χ0v) is 18.6. The number of benzene rings is 1. The van der Waals surface area contributed by atoms with Gasteiger partial charge in [-0.15, -0.1) is 0 Å². The van der Waals surface area contributed by atoms with Crippen molar-refractivity contribution in [2.24, 2.45) is 7.05 Å². The van der Waals surface area contributed by atoms with E-state index < -0.39 is 0 Å². The van der Waals surface area contributed by atoms with E-state index >= 15 is 0 Å². The smallest absolute Gasteiger partial charge is 0.253 e. The van der Waals surface area contributed by atoms with Gasteiger partial charge in [-0.3, -0.25) is 4.79 Å². The summed E-state index contributed by atoms with van der Waals surface area (Å²) >= 11 is 0. The van der Waals surface area contributed by atoms with E-state index in [0.717, 1.165) is 35.8 Å². The lowest BCUT2D eigenvalue weighted by atomic mass is 10.1. The van der Waals surface area contributed by atoms with E-state index in [-0.39, 0.29) is 5.56 Å². The van der Waals surface area contributed by atoms with Crippen LogP contribution in [-0.2, 0) is 18.3 Å². The molecule has 2 aromatic heterocycles. The molecule has 3 heterocycles. The molecule has 7 nitrogen and oxygen atoms in total. The summed E-state index contributed by atoms with van der Waals surface area (Å²) in [4.78, 5) is 19.0. The van der Waals surface area contributed by atoms with Gasteiger partial charge in [-0.05, 0) is 18.6 Å². The molecule has 4 rings (SSSR count). The van der Waals surface area contributed by atoms with E-state index in [4.69, 9.17) is 4.74 Å². The number of anilines is 3. The first-order chi connectivity index (χ1) is 15.5. The summed E-state index contributed by atoms with van der Waals surface area (Å²) in [6, 6.07) is 14.2. The standard InChI is InChI=1S/C25H29N5O2/c1-18-13-21(17-29(3)25(18)31)19(2)28-23-16-27-24(30-9-11-32-12-10-30)14-22(23)26-15-20-7-5-4-6-8-20/h4-8,13-14,16-17,28H,2,9-12,15H2,1,3H3,(H,26,27). The maximum absolute atomic E-state index is 12.0. The third-order valence-corrected chi connectivity index (χ3v) is 5.55. The van der Waals surface area contributed by atoms with Gasteiger partial charge in [0, 0.05) is 55.8 Å². The Balaban J connectivity index is 1.60. The maximum Gasteiger partial charge on any atom is 0.253 e. The van der Waals surface area contributed by atoms with Crippen LogP contribution in [0.5, 0.6) is 0 Å². The molecule has 0 aliphatic carbocycles. The molecular weight excluding hydrogens is 402 g/mol. The molecule has 2 N–H and O–H groups in total. The van der Waals surface area contributed by atoms with E-state index in [0.29, 0.717) is 31.0 Å². The summed E-state index contributed by atoms with van der Waals surface area (Å²) in [5.41, 5.74) is 5.18. The number of nitrogens with one attached hydrogen (secondary N) is 2. The van der Waals surface area contributed by atoms with Crippen molar-refractivity contribution in [3.63, 3.8) is 0 Å². The van der Waals surface area contributed by atoms with E-state index in [9.17, 15) is 4.79 Å². The Morgan fingerprint density at radius 3 is 2.62 bits per heavy atom. The second-order valence-electron chi connectivity index (χ2n) is 7.96. The normalized spacial score (nSPS) is 13.6. The molecule has 1 saturated heterocycles. The number of ether oxygens (including phenoxy) is 1. The fourth-order valence-corrected chi connectivity index (χ4v) is 3.73. The number of aromatic nitrogens is 2. The summed E-state index contributed by atoms with van der Waals surface area (Å²) in [7, 11) is 1.75. The van der Waals surface area contributed by atoms with E-state index in [1.165, 1.54) is 5.56 Å². The van der Waals surface area contributed by atoms with Crippen LogP contribution < -0.4 is 21.1 Å². The molecule has 32 heavy (non-hydrogen) atoms. The lowest BCUT2D eigenvalue weighted by Gasteiger charge is -2.28. The molecule has 1 fully saturated rings. The van der Waals surface area contributed by atoms with Crippen molar-refractivity contribution in [1.82, 2.24) is 9.55 Å². The van der Waals surface area contributed by atoms with Crippen LogP contribution in [0.3, 0.4) is 0 Å². The summed E-state index contributed by atoms with van der Waals surface area (Å²) in [5, 5.41) is 6.93. The molecule has 0 unspecified atom stereocenters. The Kier molecular flexibility index (Phi) is 6.56. The number of nitrogens with zero attached hydrogens (tertiary/aromatic N) is 3. The molecule has 0 atom stereocenters. The van der Waals surface area contributed by atoms with Gasteiger partial charge in [0.2, 0.25) is 0 Å². The van der Waals surface area contributed by atoms with Crippen LogP contribution in [0.2, 0.25) is 0 Å². The molecule has 1 aliphatic heterocycles. The van der Waals surface area contributed by atoms with Crippen LogP contribution in [0.25, 0.3) is 5.70 Å². The highest BCUT2D eigenvalue weighted by atomic mass is 16.5.